The summed E-state index contributed by atoms with van der Waals surface area (Å²) >= 11 is 0. The number of nitrogens with one attached hydrogen (secondary N) is 1. The van der Waals surface area contributed by atoms with Crippen molar-refractivity contribution in [3.63, 3.8) is 0 Å². The fourth-order valence-electron chi connectivity index (χ4n) is 2.91. The first-order valence-electron chi connectivity index (χ1n) is 9.43. The summed E-state index contributed by atoms with van der Waals surface area (Å²) in [6, 6.07) is 16.2. The Kier molecular flexibility index (Phi) is 5.67. The van der Waals surface area contributed by atoms with E-state index in [-0.39, 0.29) is 15.9 Å². The summed E-state index contributed by atoms with van der Waals surface area (Å²) in [5.41, 5.74) is 2.81. The first-order valence-corrected chi connectivity index (χ1v) is 10.9. The van der Waals surface area contributed by atoms with Crippen LogP contribution in [0.3, 0.4) is 0 Å². The lowest BCUT2D eigenvalue weighted by molar-refractivity contribution is 0.0981. The number of aryl methyl sites for hydroxylation is 1. The van der Waals surface area contributed by atoms with E-state index in [1.165, 1.54) is 24.3 Å². The largest absolute Gasteiger partial charge is 0.507 e. The van der Waals surface area contributed by atoms with E-state index in [2.05, 4.69) is 4.98 Å². The number of rotatable bonds is 4. The highest BCUT2D eigenvalue weighted by Crippen LogP contribution is 2.28. The molecular weight excluding hydrogens is 400 g/mol. The van der Waals surface area contributed by atoms with Crippen molar-refractivity contribution < 1.29 is 18.3 Å². The minimum absolute atomic E-state index is 0.130. The molecule has 1 amide bonds. The molecule has 0 spiro atoms. The van der Waals surface area contributed by atoms with Gasteiger partial charge in [-0.15, -0.1) is 0 Å². The van der Waals surface area contributed by atoms with Gasteiger partial charge in [-0.3, -0.25) is 9.78 Å². The Morgan fingerprint density at radius 3 is 2.20 bits per heavy atom. The summed E-state index contributed by atoms with van der Waals surface area (Å²) in [5, 5.41) is 9.87. The molecule has 0 aliphatic rings. The molecule has 0 unspecified atom stereocenters. The number of carbonyl (C=O) groups is 1. The van der Waals surface area contributed by atoms with E-state index in [1.807, 2.05) is 56.7 Å². The quantitative estimate of drug-likeness (QED) is 0.655. The Hall–Kier alpha value is -3.19. The van der Waals surface area contributed by atoms with Crippen LogP contribution in [0.25, 0.3) is 11.3 Å². The molecule has 0 aliphatic carbocycles. The van der Waals surface area contributed by atoms with Gasteiger partial charge in [-0.25, -0.2) is 13.1 Å². The molecule has 1 aromatic heterocycles. The van der Waals surface area contributed by atoms with Crippen LogP contribution in [-0.4, -0.2) is 24.4 Å². The molecule has 30 heavy (non-hydrogen) atoms. The number of amides is 1. The highest BCUT2D eigenvalue weighted by Gasteiger charge is 2.25. The monoisotopic (exact) mass is 424 g/mol. The summed E-state index contributed by atoms with van der Waals surface area (Å²) in [6.45, 7) is 7.99. The third kappa shape index (κ3) is 4.52. The minimum Gasteiger partial charge on any atom is -0.507 e. The zero-order chi connectivity index (χ0) is 22.1. The zero-order valence-electron chi connectivity index (χ0n) is 17.3. The van der Waals surface area contributed by atoms with Crippen molar-refractivity contribution in [2.75, 3.05) is 0 Å². The number of nitrogens with zero attached hydrogens (tertiary/aromatic N) is 1. The smallest absolute Gasteiger partial charge is 0.267 e. The number of sulfonamides is 1. The van der Waals surface area contributed by atoms with Crippen LogP contribution < -0.4 is 4.72 Å². The molecule has 2 aromatic carbocycles. The highest BCUT2D eigenvalue weighted by molar-refractivity contribution is 7.90. The van der Waals surface area contributed by atoms with Crippen molar-refractivity contribution in [3.8, 4) is 17.0 Å². The standard InChI is InChI=1S/C23H24N2O4S/c1-15-9-11-16(12-10-15)21-17(13-14-20(24-21)23(2,3)4)22(27)25-30(28,29)19-8-6-5-7-18(19)26/h5-14,26H,1-4H3,(H,25,27). The van der Waals surface area contributed by atoms with Crippen LogP contribution >= 0.6 is 0 Å². The fraction of sp³-hybridized carbons (Fsp3) is 0.217. The summed E-state index contributed by atoms with van der Waals surface area (Å²) in [6.07, 6.45) is 0. The van der Waals surface area contributed by atoms with Gasteiger partial charge < -0.3 is 5.11 Å². The second-order valence-corrected chi connectivity index (χ2v) is 9.76. The molecule has 7 heteroatoms. The number of benzene rings is 2. The third-order valence-corrected chi connectivity index (χ3v) is 5.99. The van der Waals surface area contributed by atoms with E-state index in [0.717, 1.165) is 11.3 Å². The van der Waals surface area contributed by atoms with Crippen LogP contribution in [0.2, 0.25) is 0 Å². The lowest BCUT2D eigenvalue weighted by Gasteiger charge is -2.20. The molecule has 0 atom stereocenters. The molecule has 1 heterocycles. The highest BCUT2D eigenvalue weighted by atomic mass is 32.2. The topological polar surface area (TPSA) is 96.4 Å². The Bertz CT molecular complexity index is 1190. The predicted molar refractivity (Wildman–Crippen MR) is 116 cm³/mol. The number of phenolic OH excluding ortho intramolecular Hbond substituents is 1. The summed E-state index contributed by atoms with van der Waals surface area (Å²) < 4.78 is 27.3. The van der Waals surface area contributed by atoms with Crippen LogP contribution in [-0.2, 0) is 15.4 Å². The molecule has 0 saturated heterocycles. The van der Waals surface area contributed by atoms with Gasteiger partial charge in [-0.1, -0.05) is 62.7 Å². The molecule has 0 aliphatic heterocycles. The van der Waals surface area contributed by atoms with Crippen LogP contribution in [0.5, 0.6) is 5.75 Å². The van der Waals surface area contributed by atoms with Crippen molar-refractivity contribution in [2.45, 2.75) is 38.0 Å². The van der Waals surface area contributed by atoms with Crippen molar-refractivity contribution in [1.29, 1.82) is 0 Å². The Morgan fingerprint density at radius 2 is 1.60 bits per heavy atom. The van der Waals surface area contributed by atoms with Gasteiger partial charge in [-0.2, -0.15) is 0 Å². The third-order valence-electron chi connectivity index (χ3n) is 4.62. The lowest BCUT2D eigenvalue weighted by atomic mass is 9.90. The summed E-state index contributed by atoms with van der Waals surface area (Å²) in [5.74, 6) is -1.25. The van der Waals surface area contributed by atoms with Gasteiger partial charge in [0.2, 0.25) is 0 Å². The van der Waals surface area contributed by atoms with E-state index in [1.54, 1.807) is 12.1 Å². The maximum atomic E-state index is 13.0. The molecular formula is C23H24N2O4S. The normalized spacial score (nSPS) is 11.9. The molecule has 3 rings (SSSR count). The van der Waals surface area contributed by atoms with Crippen LogP contribution in [0.15, 0.2) is 65.6 Å². The predicted octanol–water partition coefficient (Wildman–Crippen LogP) is 4.18. The number of phenols is 1. The van der Waals surface area contributed by atoms with E-state index >= 15 is 0 Å². The molecule has 2 N–H and O–H groups in total. The molecule has 156 valence electrons. The lowest BCUT2D eigenvalue weighted by Crippen LogP contribution is -2.31. The number of hydrogen-bond donors (Lipinski definition) is 2. The number of hydrogen-bond acceptors (Lipinski definition) is 5. The van der Waals surface area contributed by atoms with E-state index < -0.39 is 21.7 Å². The van der Waals surface area contributed by atoms with Crippen molar-refractivity contribution in [1.82, 2.24) is 9.71 Å². The molecule has 0 bridgehead atoms. The fourth-order valence-corrected chi connectivity index (χ4v) is 3.97. The summed E-state index contributed by atoms with van der Waals surface area (Å²) in [4.78, 5) is 17.3. The minimum atomic E-state index is -4.26. The maximum absolute atomic E-state index is 13.0. The van der Waals surface area contributed by atoms with Crippen molar-refractivity contribution in [2.24, 2.45) is 0 Å². The van der Waals surface area contributed by atoms with Gasteiger partial charge in [0.25, 0.3) is 15.9 Å². The number of aromatic nitrogens is 1. The first-order chi connectivity index (χ1) is 14.0. The Balaban J connectivity index is 2.07. The SMILES string of the molecule is Cc1ccc(-c2nc(C(C)(C)C)ccc2C(=O)NS(=O)(=O)c2ccccc2O)cc1. The van der Waals surface area contributed by atoms with E-state index in [9.17, 15) is 18.3 Å². The summed E-state index contributed by atoms with van der Waals surface area (Å²) in [7, 11) is -4.26. The second-order valence-electron chi connectivity index (χ2n) is 8.11. The maximum Gasteiger partial charge on any atom is 0.267 e. The molecule has 3 aromatic rings. The van der Waals surface area contributed by atoms with Gasteiger partial charge in [0.15, 0.2) is 0 Å². The molecule has 0 radical (unpaired) electrons. The van der Waals surface area contributed by atoms with Gasteiger partial charge in [0.1, 0.15) is 10.6 Å². The number of carbonyl (C=O) groups excluding carboxylic acids is 1. The second kappa shape index (κ2) is 7.91. The zero-order valence-corrected chi connectivity index (χ0v) is 18.1. The van der Waals surface area contributed by atoms with Crippen LogP contribution in [0.1, 0.15) is 42.4 Å². The Labute approximate surface area is 176 Å². The molecule has 0 saturated carbocycles. The van der Waals surface area contributed by atoms with Crippen molar-refractivity contribution in [3.05, 3.63) is 77.5 Å². The average Bonchev–Trinajstić information content (AvgIpc) is 2.67. The molecule has 6 nitrogen and oxygen atoms in total. The number of para-hydroxylation sites is 1. The average molecular weight is 425 g/mol. The van der Waals surface area contributed by atoms with Crippen molar-refractivity contribution >= 4 is 15.9 Å². The van der Waals surface area contributed by atoms with Gasteiger partial charge in [0, 0.05) is 16.7 Å². The number of aromatic hydroxyl groups is 1. The van der Waals surface area contributed by atoms with Crippen LogP contribution in [0, 0.1) is 6.92 Å². The first kappa shape index (κ1) is 21.5. The van der Waals surface area contributed by atoms with Gasteiger partial charge in [-0.05, 0) is 31.2 Å². The van der Waals surface area contributed by atoms with E-state index in [4.69, 9.17) is 0 Å². The van der Waals surface area contributed by atoms with Gasteiger partial charge in [0.05, 0.1) is 11.3 Å². The van der Waals surface area contributed by atoms with Crippen LogP contribution in [0.4, 0.5) is 0 Å². The Morgan fingerprint density at radius 1 is 0.967 bits per heavy atom. The number of pyridine rings is 1. The van der Waals surface area contributed by atoms with Gasteiger partial charge >= 0.3 is 0 Å². The van der Waals surface area contributed by atoms with E-state index in [0.29, 0.717) is 11.3 Å². The molecule has 0 fully saturated rings.